The summed E-state index contributed by atoms with van der Waals surface area (Å²) < 4.78 is 31.1. The Morgan fingerprint density at radius 3 is 2.67 bits per heavy atom. The maximum absolute atomic E-state index is 11.9. The second-order valence-corrected chi connectivity index (χ2v) is 6.02. The molecule has 2 rings (SSSR count). The van der Waals surface area contributed by atoms with Gasteiger partial charge in [-0.1, -0.05) is 12.1 Å². The highest BCUT2D eigenvalue weighted by atomic mass is 32.2. The van der Waals surface area contributed by atoms with Crippen molar-refractivity contribution in [3.63, 3.8) is 0 Å². The number of aromatic carboxylic acids is 1. The smallest absolute Gasteiger partial charge is 0.338 e. The molecule has 3 N–H and O–H groups in total. The van der Waals surface area contributed by atoms with Gasteiger partial charge >= 0.3 is 5.97 Å². The van der Waals surface area contributed by atoms with Crippen molar-refractivity contribution < 1.29 is 22.7 Å². The van der Waals surface area contributed by atoms with Gasteiger partial charge in [0, 0.05) is 0 Å². The Kier molecular flexibility index (Phi) is 4.29. The van der Waals surface area contributed by atoms with Crippen LogP contribution in [0, 0.1) is 0 Å². The highest BCUT2D eigenvalue weighted by Crippen LogP contribution is 2.21. The monoisotopic (exact) mass is 310 g/mol. The number of carbonyl (C=O) groups is 1. The van der Waals surface area contributed by atoms with Gasteiger partial charge in [-0.15, -0.1) is 0 Å². The van der Waals surface area contributed by atoms with E-state index in [1.165, 1.54) is 19.2 Å². The molecule has 112 valence electrons. The van der Waals surface area contributed by atoms with Gasteiger partial charge in [0.15, 0.2) is 0 Å². The Morgan fingerprint density at radius 2 is 2.05 bits per heavy atom. The van der Waals surface area contributed by atoms with Crippen molar-refractivity contribution in [3.05, 3.63) is 47.9 Å². The van der Waals surface area contributed by atoms with Crippen molar-refractivity contribution in [3.8, 4) is 0 Å². The summed E-state index contributed by atoms with van der Waals surface area (Å²) in [5, 5.41) is 11.7. The van der Waals surface area contributed by atoms with E-state index in [4.69, 9.17) is 9.52 Å². The van der Waals surface area contributed by atoms with Crippen LogP contribution in [-0.2, 0) is 16.6 Å². The summed E-state index contributed by atoms with van der Waals surface area (Å²) in [5.41, 5.74) is 0.447. The van der Waals surface area contributed by atoms with Crippen LogP contribution >= 0.6 is 0 Å². The Bertz CT molecular complexity index is 751. The van der Waals surface area contributed by atoms with Gasteiger partial charge in [-0.25, -0.2) is 17.9 Å². The molecular weight excluding hydrogens is 296 g/mol. The zero-order valence-electron chi connectivity index (χ0n) is 11.2. The van der Waals surface area contributed by atoms with Gasteiger partial charge in [0.05, 0.1) is 17.8 Å². The van der Waals surface area contributed by atoms with E-state index in [1.54, 1.807) is 18.2 Å². The maximum atomic E-state index is 11.9. The highest BCUT2D eigenvalue weighted by molar-refractivity contribution is 7.89. The number of sulfonamides is 1. The summed E-state index contributed by atoms with van der Waals surface area (Å²) in [7, 11) is -2.25. The van der Waals surface area contributed by atoms with Crippen LogP contribution in [0.25, 0.3) is 0 Å². The van der Waals surface area contributed by atoms with Crippen molar-refractivity contribution in [1.29, 1.82) is 0 Å². The molecule has 8 heteroatoms. The SMILES string of the molecule is CNS(=O)(=O)c1ccccc1NCc1cc(C(=O)O)co1. The summed E-state index contributed by atoms with van der Waals surface area (Å²) in [6, 6.07) is 7.78. The predicted octanol–water partition coefficient (Wildman–Crippen LogP) is 1.50. The van der Waals surface area contributed by atoms with Gasteiger partial charge < -0.3 is 14.8 Å². The number of benzene rings is 1. The largest absolute Gasteiger partial charge is 0.478 e. The van der Waals surface area contributed by atoms with Crippen molar-refractivity contribution in [2.24, 2.45) is 0 Å². The molecule has 0 spiro atoms. The number of rotatable bonds is 6. The lowest BCUT2D eigenvalue weighted by molar-refractivity contribution is 0.0696. The minimum atomic E-state index is -3.58. The molecule has 2 aromatic rings. The van der Waals surface area contributed by atoms with Crippen molar-refractivity contribution >= 4 is 21.7 Å². The zero-order chi connectivity index (χ0) is 15.5. The third kappa shape index (κ3) is 3.41. The Hall–Kier alpha value is -2.32. The first-order chi connectivity index (χ1) is 9.94. The third-order valence-corrected chi connectivity index (χ3v) is 4.27. The molecule has 0 fully saturated rings. The van der Waals surface area contributed by atoms with Crippen LogP contribution in [0.15, 0.2) is 45.9 Å². The van der Waals surface area contributed by atoms with Gasteiger partial charge in [-0.3, -0.25) is 0 Å². The summed E-state index contributed by atoms with van der Waals surface area (Å²) >= 11 is 0. The lowest BCUT2D eigenvalue weighted by Gasteiger charge is -2.10. The van der Waals surface area contributed by atoms with E-state index in [0.717, 1.165) is 6.26 Å². The van der Waals surface area contributed by atoms with E-state index < -0.39 is 16.0 Å². The first-order valence-electron chi connectivity index (χ1n) is 6.01. The molecule has 7 nitrogen and oxygen atoms in total. The predicted molar refractivity (Wildman–Crippen MR) is 75.7 cm³/mol. The van der Waals surface area contributed by atoms with Crippen molar-refractivity contribution in [2.75, 3.05) is 12.4 Å². The summed E-state index contributed by atoms with van der Waals surface area (Å²) in [4.78, 5) is 10.9. The fraction of sp³-hybridized carbons (Fsp3) is 0.154. The number of para-hydroxylation sites is 1. The Balaban J connectivity index is 2.18. The molecule has 0 unspecified atom stereocenters. The third-order valence-electron chi connectivity index (χ3n) is 2.80. The van der Waals surface area contributed by atoms with Crippen LogP contribution in [0.1, 0.15) is 16.1 Å². The lowest BCUT2D eigenvalue weighted by Crippen LogP contribution is -2.20. The van der Waals surface area contributed by atoms with Crippen LogP contribution < -0.4 is 10.0 Å². The first kappa shape index (κ1) is 15.1. The number of hydrogen-bond donors (Lipinski definition) is 3. The summed E-state index contributed by atoms with van der Waals surface area (Å²) in [5.74, 6) is -0.688. The van der Waals surface area contributed by atoms with Crippen molar-refractivity contribution in [1.82, 2.24) is 4.72 Å². The molecule has 1 aromatic heterocycles. The van der Waals surface area contributed by atoms with Crippen LogP contribution in [0.2, 0.25) is 0 Å². The molecule has 0 aliphatic rings. The highest BCUT2D eigenvalue weighted by Gasteiger charge is 2.16. The molecule has 0 amide bonds. The van der Waals surface area contributed by atoms with E-state index >= 15 is 0 Å². The average Bonchev–Trinajstić information content (AvgIpc) is 2.94. The molecule has 0 saturated heterocycles. The molecule has 0 radical (unpaired) electrons. The fourth-order valence-corrected chi connectivity index (χ4v) is 2.63. The van der Waals surface area contributed by atoms with Gasteiger partial charge in [-0.2, -0.15) is 0 Å². The molecule has 0 bridgehead atoms. The van der Waals surface area contributed by atoms with Crippen molar-refractivity contribution in [2.45, 2.75) is 11.4 Å². The van der Waals surface area contributed by atoms with Crippen LogP contribution in [0.4, 0.5) is 5.69 Å². The first-order valence-corrected chi connectivity index (χ1v) is 7.49. The van der Waals surface area contributed by atoms with Gasteiger partial charge in [-0.05, 0) is 25.2 Å². The molecule has 21 heavy (non-hydrogen) atoms. The quantitative estimate of drug-likeness (QED) is 0.746. The van der Waals surface area contributed by atoms with E-state index in [0.29, 0.717) is 11.4 Å². The molecular formula is C13H14N2O5S. The van der Waals surface area contributed by atoms with E-state index in [1.807, 2.05) is 0 Å². The lowest BCUT2D eigenvalue weighted by atomic mass is 10.3. The molecule has 0 aliphatic heterocycles. The number of anilines is 1. The zero-order valence-corrected chi connectivity index (χ0v) is 12.0. The van der Waals surface area contributed by atoms with Gasteiger partial charge in [0.2, 0.25) is 10.0 Å². The summed E-state index contributed by atoms with van der Waals surface area (Å²) in [6.07, 6.45) is 1.13. The van der Waals surface area contributed by atoms with Gasteiger partial charge in [0.25, 0.3) is 0 Å². The Morgan fingerprint density at radius 1 is 1.33 bits per heavy atom. The average molecular weight is 310 g/mol. The minimum Gasteiger partial charge on any atom is -0.478 e. The van der Waals surface area contributed by atoms with Gasteiger partial charge in [0.1, 0.15) is 16.9 Å². The van der Waals surface area contributed by atoms with Crippen LogP contribution in [-0.4, -0.2) is 26.5 Å². The number of hydrogen-bond acceptors (Lipinski definition) is 5. The summed E-state index contributed by atoms with van der Waals surface area (Å²) in [6.45, 7) is 0.170. The Labute approximate surface area is 121 Å². The van der Waals surface area contributed by atoms with Crippen LogP contribution in [0.5, 0.6) is 0 Å². The second kappa shape index (κ2) is 5.98. The molecule has 0 aliphatic carbocycles. The second-order valence-electron chi connectivity index (χ2n) is 4.16. The maximum Gasteiger partial charge on any atom is 0.338 e. The number of nitrogens with one attached hydrogen (secondary N) is 2. The molecule has 0 saturated carbocycles. The van der Waals surface area contributed by atoms with E-state index in [2.05, 4.69) is 10.0 Å². The molecule has 1 heterocycles. The number of carboxylic acid groups (broad SMARTS) is 1. The van der Waals surface area contributed by atoms with E-state index in [-0.39, 0.29) is 17.0 Å². The van der Waals surface area contributed by atoms with Crippen LogP contribution in [0.3, 0.4) is 0 Å². The number of carboxylic acids is 1. The topological polar surface area (TPSA) is 109 Å². The number of furan rings is 1. The normalized spacial score (nSPS) is 11.3. The minimum absolute atomic E-state index is 0.0444. The van der Waals surface area contributed by atoms with E-state index in [9.17, 15) is 13.2 Å². The standard InChI is InChI=1S/C13H14N2O5S/c1-14-21(18,19)12-5-3-2-4-11(12)15-7-10-6-9(8-20-10)13(16)17/h2-6,8,14-15H,7H2,1H3,(H,16,17). The molecule has 0 atom stereocenters. The molecule has 1 aromatic carbocycles. The fourth-order valence-electron chi connectivity index (χ4n) is 1.72.